The lowest BCUT2D eigenvalue weighted by atomic mass is 9.80. The molecule has 2 atom stereocenters. The molecular weight excluding hydrogens is 528 g/mol. The number of carbonyl (C=O) groups is 2. The molecule has 3 aliphatic heterocycles. The summed E-state index contributed by atoms with van der Waals surface area (Å²) < 4.78 is 0. The first kappa shape index (κ1) is 25.2. The molecule has 0 aromatic heterocycles. The first-order valence-corrected chi connectivity index (χ1v) is 13.4. The molecule has 6 rings (SSSR count). The largest absolute Gasteiger partial charge is 0.368 e. The van der Waals surface area contributed by atoms with Gasteiger partial charge in [0.25, 0.3) is 0 Å². The number of primary amides is 1. The highest BCUT2D eigenvalue weighted by Gasteiger charge is 2.57. The zero-order valence-electron chi connectivity index (χ0n) is 19.2. The van der Waals surface area contributed by atoms with E-state index in [4.69, 9.17) is 52.1 Å². The molecule has 2 amide bonds. The molecule has 1 saturated carbocycles. The summed E-state index contributed by atoms with van der Waals surface area (Å²) in [6.45, 7) is 2.77. The van der Waals surface area contributed by atoms with Crippen molar-refractivity contribution in [3.8, 4) is 0 Å². The number of fused-ring (bicyclic) bond motifs is 3. The molecule has 5 nitrogen and oxygen atoms in total. The number of amides is 2. The SMILES string of the molecule is NC(=O)[C@H](Cc1ccc(Cl)cc1Cl)N(C(=O)C1(c2ccc(Cl)cc2Cl)CC1)[C@H]1CN2CCC1CC2. The Kier molecular flexibility index (Phi) is 7.01. The third-order valence-corrected chi connectivity index (χ3v) is 9.05. The van der Waals surface area contributed by atoms with Crippen LogP contribution in [0.25, 0.3) is 0 Å². The molecule has 2 N–H and O–H groups in total. The van der Waals surface area contributed by atoms with Crippen LogP contribution in [0, 0.1) is 5.92 Å². The molecule has 0 spiro atoms. The fraction of sp³-hybridized carbons (Fsp3) is 0.462. The Morgan fingerprint density at radius 2 is 1.63 bits per heavy atom. The van der Waals surface area contributed by atoms with Gasteiger partial charge in [-0.3, -0.25) is 9.59 Å². The van der Waals surface area contributed by atoms with Crippen molar-refractivity contribution in [1.29, 1.82) is 0 Å². The van der Waals surface area contributed by atoms with E-state index in [9.17, 15) is 9.59 Å². The molecule has 2 aromatic carbocycles. The van der Waals surface area contributed by atoms with Crippen molar-refractivity contribution < 1.29 is 9.59 Å². The number of carbonyl (C=O) groups excluding carboxylic acids is 2. The molecule has 3 heterocycles. The van der Waals surface area contributed by atoms with Gasteiger partial charge >= 0.3 is 0 Å². The third-order valence-electron chi connectivity index (χ3n) is 7.91. The van der Waals surface area contributed by atoms with Gasteiger partial charge in [-0.1, -0.05) is 58.5 Å². The Bertz CT molecular complexity index is 1160. The van der Waals surface area contributed by atoms with E-state index >= 15 is 0 Å². The molecule has 2 aromatic rings. The number of benzene rings is 2. The number of nitrogens with two attached hydrogens (primary N) is 1. The number of rotatable bonds is 7. The van der Waals surface area contributed by atoms with Crippen LogP contribution in [0.15, 0.2) is 36.4 Å². The smallest absolute Gasteiger partial charge is 0.240 e. The minimum Gasteiger partial charge on any atom is -0.368 e. The third kappa shape index (κ3) is 4.78. The molecule has 4 fully saturated rings. The first-order valence-electron chi connectivity index (χ1n) is 11.9. The molecule has 0 radical (unpaired) electrons. The van der Waals surface area contributed by atoms with Crippen molar-refractivity contribution >= 4 is 58.2 Å². The summed E-state index contributed by atoms with van der Waals surface area (Å²) in [5.41, 5.74) is 6.72. The van der Waals surface area contributed by atoms with Crippen LogP contribution >= 0.6 is 46.4 Å². The highest BCUT2D eigenvalue weighted by Crippen LogP contribution is 2.53. The van der Waals surface area contributed by atoms with Crippen molar-refractivity contribution in [3.63, 3.8) is 0 Å². The number of piperidine rings is 3. The van der Waals surface area contributed by atoms with E-state index < -0.39 is 17.4 Å². The second-order valence-corrected chi connectivity index (χ2v) is 11.7. The van der Waals surface area contributed by atoms with E-state index in [1.54, 1.807) is 35.2 Å². The van der Waals surface area contributed by atoms with Crippen molar-refractivity contribution in [1.82, 2.24) is 9.80 Å². The molecule has 9 heteroatoms. The van der Waals surface area contributed by atoms with Gasteiger partial charge in [0.1, 0.15) is 6.04 Å². The Morgan fingerprint density at radius 3 is 2.14 bits per heavy atom. The van der Waals surface area contributed by atoms with Gasteiger partial charge in [-0.25, -0.2) is 0 Å². The van der Waals surface area contributed by atoms with Gasteiger partial charge < -0.3 is 15.5 Å². The number of hydrogen-bond acceptors (Lipinski definition) is 3. The molecule has 0 unspecified atom stereocenters. The van der Waals surface area contributed by atoms with Crippen molar-refractivity contribution in [3.05, 3.63) is 67.6 Å². The summed E-state index contributed by atoms with van der Waals surface area (Å²) in [5, 5.41) is 1.94. The van der Waals surface area contributed by atoms with Crippen LogP contribution in [0.5, 0.6) is 0 Å². The fourth-order valence-electron chi connectivity index (χ4n) is 5.85. The lowest BCUT2D eigenvalue weighted by Crippen LogP contribution is -2.65. The maximum atomic E-state index is 14.5. The zero-order valence-corrected chi connectivity index (χ0v) is 22.2. The highest BCUT2D eigenvalue weighted by atomic mass is 35.5. The second kappa shape index (κ2) is 9.75. The van der Waals surface area contributed by atoms with E-state index in [-0.39, 0.29) is 18.4 Å². The van der Waals surface area contributed by atoms with Crippen molar-refractivity contribution in [2.24, 2.45) is 11.7 Å². The molecule has 186 valence electrons. The maximum absolute atomic E-state index is 14.5. The minimum atomic E-state index is -0.838. The Balaban J connectivity index is 1.56. The maximum Gasteiger partial charge on any atom is 0.240 e. The summed E-state index contributed by atoms with van der Waals surface area (Å²) in [4.78, 5) is 31.6. The van der Waals surface area contributed by atoms with Crippen molar-refractivity contribution in [2.45, 2.75) is 49.6 Å². The predicted molar refractivity (Wildman–Crippen MR) is 140 cm³/mol. The van der Waals surface area contributed by atoms with Gasteiger partial charge in [0.05, 0.1) is 5.41 Å². The van der Waals surface area contributed by atoms with Crippen LogP contribution in [0.1, 0.15) is 36.8 Å². The average Bonchev–Trinajstić information content (AvgIpc) is 3.62. The summed E-state index contributed by atoms with van der Waals surface area (Å²) in [5.74, 6) is -0.309. The van der Waals surface area contributed by atoms with Gasteiger partial charge in [0, 0.05) is 39.1 Å². The Morgan fingerprint density at radius 1 is 1.00 bits per heavy atom. The van der Waals surface area contributed by atoms with Crippen LogP contribution in [-0.2, 0) is 21.4 Å². The lowest BCUT2D eigenvalue weighted by molar-refractivity contribution is -0.149. The van der Waals surface area contributed by atoms with Gasteiger partial charge in [-0.2, -0.15) is 0 Å². The van der Waals surface area contributed by atoms with Crippen LogP contribution in [-0.4, -0.2) is 53.3 Å². The summed E-state index contributed by atoms with van der Waals surface area (Å²) in [6, 6.07) is 9.50. The second-order valence-electron chi connectivity index (χ2n) is 9.98. The van der Waals surface area contributed by atoms with Gasteiger partial charge in [0.15, 0.2) is 0 Å². The van der Waals surface area contributed by atoms with Crippen LogP contribution in [0.2, 0.25) is 20.1 Å². The number of halogens is 4. The van der Waals surface area contributed by atoms with Crippen molar-refractivity contribution in [2.75, 3.05) is 19.6 Å². The zero-order chi connectivity index (χ0) is 24.9. The van der Waals surface area contributed by atoms with E-state index in [0.717, 1.165) is 43.6 Å². The van der Waals surface area contributed by atoms with Crippen LogP contribution < -0.4 is 5.73 Å². The fourth-order valence-corrected chi connectivity index (χ4v) is 6.93. The van der Waals surface area contributed by atoms with Crippen LogP contribution in [0.4, 0.5) is 0 Å². The quantitative estimate of drug-likeness (QED) is 0.501. The summed E-state index contributed by atoms with van der Waals surface area (Å²) in [7, 11) is 0. The number of hydrogen-bond donors (Lipinski definition) is 1. The molecule has 1 aliphatic carbocycles. The van der Waals surface area contributed by atoms with Gasteiger partial charge in [-0.05, 0) is 80.1 Å². The Labute approximate surface area is 225 Å². The standard InChI is InChI=1S/C26H27Cl4N3O2/c27-17-2-1-16(20(29)12-17)11-22(24(31)34)33(23-14-32-9-5-15(23)6-10-32)25(35)26(7-8-26)19-4-3-18(28)13-21(19)30/h1-4,12-13,15,22-23H,5-11,14H2,(H2,31,34)/t22-,23-/m0/s1. The summed E-state index contributed by atoms with van der Waals surface area (Å²) in [6.07, 6.45) is 3.55. The normalized spacial score (nSPS) is 25.2. The molecular formula is C26H27Cl4N3O2. The highest BCUT2D eigenvalue weighted by molar-refractivity contribution is 6.35. The lowest BCUT2D eigenvalue weighted by Gasteiger charge is -2.51. The monoisotopic (exact) mass is 553 g/mol. The minimum absolute atomic E-state index is 0.0886. The topological polar surface area (TPSA) is 66.6 Å². The molecule has 3 saturated heterocycles. The predicted octanol–water partition coefficient (Wildman–Crippen LogP) is 5.35. The molecule has 2 bridgehead atoms. The summed E-state index contributed by atoms with van der Waals surface area (Å²) >= 11 is 25.3. The average molecular weight is 555 g/mol. The first-order chi connectivity index (χ1) is 16.7. The van der Waals surface area contributed by atoms with Crippen LogP contribution in [0.3, 0.4) is 0 Å². The van der Waals surface area contributed by atoms with Gasteiger partial charge in [-0.15, -0.1) is 0 Å². The van der Waals surface area contributed by atoms with E-state index in [0.29, 0.717) is 38.9 Å². The van der Waals surface area contributed by atoms with E-state index in [2.05, 4.69) is 4.90 Å². The van der Waals surface area contributed by atoms with Gasteiger partial charge in [0.2, 0.25) is 11.8 Å². The van der Waals surface area contributed by atoms with E-state index in [1.165, 1.54) is 0 Å². The molecule has 35 heavy (non-hydrogen) atoms. The number of nitrogens with zero attached hydrogens (tertiary/aromatic N) is 2. The van der Waals surface area contributed by atoms with E-state index in [1.807, 2.05) is 6.07 Å². The Hall–Kier alpha value is -1.50. The molecule has 4 aliphatic rings.